The second-order valence-corrected chi connectivity index (χ2v) is 5.38. The van der Waals surface area contributed by atoms with Crippen LogP contribution in [0.25, 0.3) is 0 Å². The lowest BCUT2D eigenvalue weighted by atomic mass is 10.1. The Bertz CT molecular complexity index is 632. The summed E-state index contributed by atoms with van der Waals surface area (Å²) in [5.74, 6) is -0.502. The average molecular weight is 300 g/mol. The Morgan fingerprint density at radius 1 is 1.27 bits per heavy atom. The molecule has 116 valence electrons. The standard InChI is InChI=1S/C16H20N4O2/c1-11-4-7-14(8-5-11)13(3)17-18-15(21)10-20-16(22)9-6-12(2)19-20/h4-5,7-8H,6,9-10H2,1-3H3,(H,18,21)/b17-13+. The normalized spacial score (nSPS) is 15.6. The smallest absolute Gasteiger partial charge is 0.261 e. The van der Waals surface area contributed by atoms with Gasteiger partial charge in [0.15, 0.2) is 0 Å². The first-order valence-corrected chi connectivity index (χ1v) is 7.20. The monoisotopic (exact) mass is 300 g/mol. The van der Waals surface area contributed by atoms with Gasteiger partial charge in [-0.05, 0) is 32.8 Å². The third-order valence-electron chi connectivity index (χ3n) is 3.39. The number of rotatable bonds is 4. The molecule has 0 aliphatic carbocycles. The molecule has 0 saturated carbocycles. The Morgan fingerprint density at radius 2 is 1.95 bits per heavy atom. The highest BCUT2D eigenvalue weighted by molar-refractivity contribution is 5.99. The molecule has 22 heavy (non-hydrogen) atoms. The number of benzene rings is 1. The molecule has 1 aromatic rings. The molecule has 1 aliphatic rings. The molecule has 2 amide bonds. The molecule has 0 aromatic heterocycles. The molecule has 0 spiro atoms. The van der Waals surface area contributed by atoms with E-state index in [9.17, 15) is 9.59 Å². The van der Waals surface area contributed by atoms with E-state index >= 15 is 0 Å². The summed E-state index contributed by atoms with van der Waals surface area (Å²) in [7, 11) is 0. The van der Waals surface area contributed by atoms with Gasteiger partial charge in [0.25, 0.3) is 5.91 Å². The van der Waals surface area contributed by atoms with Crippen molar-refractivity contribution in [1.82, 2.24) is 10.4 Å². The molecular formula is C16H20N4O2. The van der Waals surface area contributed by atoms with E-state index in [1.54, 1.807) is 0 Å². The number of carbonyl (C=O) groups is 2. The summed E-state index contributed by atoms with van der Waals surface area (Å²) in [4.78, 5) is 23.5. The molecule has 1 heterocycles. The maximum Gasteiger partial charge on any atom is 0.261 e. The van der Waals surface area contributed by atoms with E-state index in [1.165, 1.54) is 5.01 Å². The van der Waals surface area contributed by atoms with E-state index in [0.29, 0.717) is 18.6 Å². The summed E-state index contributed by atoms with van der Waals surface area (Å²) in [6, 6.07) is 7.87. The molecule has 0 bridgehead atoms. The van der Waals surface area contributed by atoms with Gasteiger partial charge in [0.2, 0.25) is 5.91 Å². The largest absolute Gasteiger partial charge is 0.273 e. The molecule has 0 saturated heterocycles. The van der Waals surface area contributed by atoms with Gasteiger partial charge < -0.3 is 0 Å². The zero-order chi connectivity index (χ0) is 16.1. The molecule has 1 N–H and O–H groups in total. The fourth-order valence-corrected chi connectivity index (χ4v) is 2.03. The van der Waals surface area contributed by atoms with Crippen LogP contribution in [0.2, 0.25) is 0 Å². The lowest BCUT2D eigenvalue weighted by molar-refractivity contribution is -0.136. The molecule has 2 rings (SSSR count). The van der Waals surface area contributed by atoms with Crippen LogP contribution in [-0.4, -0.2) is 34.8 Å². The first kappa shape index (κ1) is 15.9. The SMILES string of the molecule is CC1=NN(CC(=O)N/N=C(\C)c2ccc(C)cc2)C(=O)CC1. The number of amides is 2. The van der Waals surface area contributed by atoms with Crippen LogP contribution in [-0.2, 0) is 9.59 Å². The zero-order valence-electron chi connectivity index (χ0n) is 13.1. The van der Waals surface area contributed by atoms with E-state index in [-0.39, 0.29) is 18.4 Å². The molecular weight excluding hydrogens is 280 g/mol. The topological polar surface area (TPSA) is 74.1 Å². The Labute approximate surface area is 129 Å². The highest BCUT2D eigenvalue weighted by Gasteiger charge is 2.20. The highest BCUT2D eigenvalue weighted by atomic mass is 16.2. The summed E-state index contributed by atoms with van der Waals surface area (Å²) in [6.45, 7) is 5.56. The minimum atomic E-state index is -0.363. The van der Waals surface area contributed by atoms with Gasteiger partial charge in [0.1, 0.15) is 6.54 Å². The molecule has 6 heteroatoms. The number of nitrogens with one attached hydrogen (secondary N) is 1. The molecule has 0 fully saturated rings. The van der Waals surface area contributed by atoms with Gasteiger partial charge in [-0.3, -0.25) is 9.59 Å². The second-order valence-electron chi connectivity index (χ2n) is 5.38. The summed E-state index contributed by atoms with van der Waals surface area (Å²) in [5.41, 5.74) is 6.13. The number of hydrogen-bond acceptors (Lipinski definition) is 4. The van der Waals surface area contributed by atoms with Gasteiger partial charge in [-0.25, -0.2) is 10.4 Å². The molecule has 0 unspecified atom stereocenters. The number of nitrogens with zero attached hydrogens (tertiary/aromatic N) is 3. The first-order valence-electron chi connectivity index (χ1n) is 7.20. The van der Waals surface area contributed by atoms with Crippen molar-refractivity contribution in [3.8, 4) is 0 Å². The van der Waals surface area contributed by atoms with Crippen molar-refractivity contribution < 1.29 is 9.59 Å². The van der Waals surface area contributed by atoms with Crippen molar-refractivity contribution in [2.45, 2.75) is 33.6 Å². The number of aryl methyl sites for hydroxylation is 1. The Hall–Kier alpha value is -2.50. The van der Waals surface area contributed by atoms with E-state index in [0.717, 1.165) is 16.8 Å². The van der Waals surface area contributed by atoms with Crippen molar-refractivity contribution in [3.63, 3.8) is 0 Å². The molecule has 6 nitrogen and oxygen atoms in total. The second kappa shape index (κ2) is 6.98. The van der Waals surface area contributed by atoms with Crippen molar-refractivity contribution in [2.75, 3.05) is 6.54 Å². The van der Waals surface area contributed by atoms with E-state index in [2.05, 4.69) is 15.6 Å². The van der Waals surface area contributed by atoms with Crippen molar-refractivity contribution in [3.05, 3.63) is 35.4 Å². The van der Waals surface area contributed by atoms with Crippen molar-refractivity contribution in [1.29, 1.82) is 0 Å². The summed E-state index contributed by atoms with van der Waals surface area (Å²) in [6.07, 6.45) is 1.05. The summed E-state index contributed by atoms with van der Waals surface area (Å²) < 4.78 is 0. The van der Waals surface area contributed by atoms with Crippen molar-refractivity contribution in [2.24, 2.45) is 10.2 Å². The fraction of sp³-hybridized carbons (Fsp3) is 0.375. The van der Waals surface area contributed by atoms with E-state index in [4.69, 9.17) is 0 Å². The molecule has 1 aliphatic heterocycles. The van der Waals surface area contributed by atoms with Crippen LogP contribution in [0.15, 0.2) is 34.5 Å². The minimum absolute atomic E-state index is 0.110. The van der Waals surface area contributed by atoms with Gasteiger partial charge >= 0.3 is 0 Å². The summed E-state index contributed by atoms with van der Waals surface area (Å²) >= 11 is 0. The molecule has 0 atom stereocenters. The third-order valence-corrected chi connectivity index (χ3v) is 3.39. The van der Waals surface area contributed by atoms with Crippen LogP contribution < -0.4 is 5.43 Å². The average Bonchev–Trinajstić information content (AvgIpc) is 2.49. The van der Waals surface area contributed by atoms with E-state index < -0.39 is 0 Å². The number of hydrogen-bond donors (Lipinski definition) is 1. The van der Waals surface area contributed by atoms with Crippen LogP contribution in [0.1, 0.15) is 37.8 Å². The Balaban J connectivity index is 1.94. The summed E-state index contributed by atoms with van der Waals surface area (Å²) in [5, 5.41) is 9.35. The maximum atomic E-state index is 11.9. The van der Waals surface area contributed by atoms with Crippen LogP contribution in [0.3, 0.4) is 0 Å². The number of carbonyl (C=O) groups excluding carboxylic acids is 2. The zero-order valence-corrected chi connectivity index (χ0v) is 13.1. The lowest BCUT2D eigenvalue weighted by Crippen LogP contribution is -2.38. The number of hydrazone groups is 2. The van der Waals surface area contributed by atoms with Gasteiger partial charge in [0.05, 0.1) is 5.71 Å². The highest BCUT2D eigenvalue weighted by Crippen LogP contribution is 2.08. The maximum absolute atomic E-state index is 11.9. The van der Waals surface area contributed by atoms with Crippen LogP contribution in [0, 0.1) is 6.92 Å². The quantitative estimate of drug-likeness (QED) is 0.680. The molecule has 0 radical (unpaired) electrons. The van der Waals surface area contributed by atoms with Gasteiger partial charge in [-0.15, -0.1) is 0 Å². The fourth-order valence-electron chi connectivity index (χ4n) is 2.03. The lowest BCUT2D eigenvalue weighted by Gasteiger charge is -2.21. The van der Waals surface area contributed by atoms with Crippen LogP contribution >= 0.6 is 0 Å². The molecule has 1 aromatic carbocycles. The third kappa shape index (κ3) is 4.25. The minimum Gasteiger partial charge on any atom is -0.273 e. The van der Waals surface area contributed by atoms with Crippen LogP contribution in [0.4, 0.5) is 0 Å². The van der Waals surface area contributed by atoms with Crippen molar-refractivity contribution >= 4 is 23.2 Å². The van der Waals surface area contributed by atoms with Gasteiger partial charge in [-0.1, -0.05) is 29.8 Å². The Kier molecular flexibility index (Phi) is 5.04. The van der Waals surface area contributed by atoms with Gasteiger partial charge in [-0.2, -0.15) is 10.2 Å². The van der Waals surface area contributed by atoms with Crippen LogP contribution in [0.5, 0.6) is 0 Å². The predicted octanol–water partition coefficient (Wildman–Crippen LogP) is 1.83. The van der Waals surface area contributed by atoms with Gasteiger partial charge in [0, 0.05) is 12.1 Å². The first-order chi connectivity index (χ1) is 10.5. The van der Waals surface area contributed by atoms with E-state index in [1.807, 2.05) is 45.0 Å². The Morgan fingerprint density at radius 3 is 2.64 bits per heavy atom. The predicted molar refractivity (Wildman–Crippen MR) is 85.6 cm³/mol.